The van der Waals surface area contributed by atoms with Gasteiger partial charge in [-0.3, -0.25) is 0 Å². The zero-order valence-corrected chi connectivity index (χ0v) is 15.4. The van der Waals surface area contributed by atoms with Crippen LogP contribution in [0.2, 0.25) is 18.1 Å². The van der Waals surface area contributed by atoms with Crippen LogP contribution in [0.4, 0.5) is 0 Å². The summed E-state index contributed by atoms with van der Waals surface area (Å²) in [5, 5.41) is 18.7. The van der Waals surface area contributed by atoms with Gasteiger partial charge in [-0.2, -0.15) is 5.26 Å². The summed E-state index contributed by atoms with van der Waals surface area (Å²) in [6, 6.07) is 2.11. The van der Waals surface area contributed by atoms with Gasteiger partial charge in [-0.25, -0.2) is 0 Å². The minimum Gasteiger partial charge on any atom is -0.512 e. The van der Waals surface area contributed by atoms with Crippen LogP contribution >= 0.6 is 0 Å². The molecule has 2 atom stereocenters. The Kier molecular flexibility index (Phi) is 6.72. The first-order valence-corrected chi connectivity index (χ1v) is 10.8. The third-order valence-corrected chi connectivity index (χ3v) is 8.88. The average molecular weight is 319 g/mol. The van der Waals surface area contributed by atoms with Crippen molar-refractivity contribution in [2.45, 2.75) is 70.7 Å². The molecule has 22 heavy (non-hydrogen) atoms. The fraction of sp³-hybridized carbons (Fsp3) is 0.667. The molecule has 0 fully saturated rings. The second-order valence-electron chi connectivity index (χ2n) is 7.30. The van der Waals surface area contributed by atoms with Crippen LogP contribution in [0.25, 0.3) is 0 Å². The van der Waals surface area contributed by atoms with Gasteiger partial charge in [0.2, 0.25) is 0 Å². The number of hydrogen-bond acceptors (Lipinski definition) is 3. The molecular formula is C18H28NO2Si. The quantitative estimate of drug-likeness (QED) is 0.452. The third kappa shape index (κ3) is 5.52. The van der Waals surface area contributed by atoms with Gasteiger partial charge >= 0.3 is 0 Å². The van der Waals surface area contributed by atoms with Gasteiger partial charge in [0.1, 0.15) is 0 Å². The Labute approximate surface area is 136 Å². The molecule has 0 bridgehead atoms. The lowest BCUT2D eigenvalue weighted by Crippen LogP contribution is -2.43. The Hall–Kier alpha value is -1.23. The zero-order valence-electron chi connectivity index (χ0n) is 14.4. The van der Waals surface area contributed by atoms with E-state index in [0.29, 0.717) is 18.6 Å². The molecule has 0 heterocycles. The van der Waals surface area contributed by atoms with Crippen molar-refractivity contribution < 1.29 is 9.53 Å². The molecule has 1 rings (SSSR count). The lowest BCUT2D eigenvalue weighted by Gasteiger charge is -2.38. The summed E-state index contributed by atoms with van der Waals surface area (Å²) in [4.78, 5) is 0. The molecular weight excluding hydrogens is 290 g/mol. The number of nitriles is 1. The molecule has 0 aliphatic heterocycles. The summed E-state index contributed by atoms with van der Waals surface area (Å²) in [5.41, 5.74) is 0. The first kappa shape index (κ1) is 18.8. The highest BCUT2D eigenvalue weighted by Crippen LogP contribution is 2.39. The summed E-state index contributed by atoms with van der Waals surface area (Å²) in [7, 11) is -1.84. The van der Waals surface area contributed by atoms with Gasteiger partial charge in [-0.1, -0.05) is 20.8 Å². The van der Waals surface area contributed by atoms with Crippen LogP contribution in [-0.2, 0) is 4.43 Å². The number of rotatable bonds is 5. The Morgan fingerprint density at radius 3 is 2.55 bits per heavy atom. The molecule has 0 saturated heterocycles. The van der Waals surface area contributed by atoms with Crippen molar-refractivity contribution >= 4 is 8.32 Å². The van der Waals surface area contributed by atoms with Crippen molar-refractivity contribution in [1.82, 2.24) is 0 Å². The largest absolute Gasteiger partial charge is 0.512 e. The predicted octanol–water partition coefficient (Wildman–Crippen LogP) is 4.74. The van der Waals surface area contributed by atoms with Gasteiger partial charge in [-0.15, -0.1) is 11.8 Å². The molecule has 0 spiro atoms. The highest BCUT2D eigenvalue weighted by atomic mass is 28.4. The summed E-state index contributed by atoms with van der Waals surface area (Å²) in [6.45, 7) is 11.1. The first-order chi connectivity index (χ1) is 10.2. The Morgan fingerprint density at radius 2 is 1.95 bits per heavy atom. The van der Waals surface area contributed by atoms with Crippen LogP contribution in [-0.4, -0.2) is 19.5 Å². The van der Waals surface area contributed by atoms with E-state index in [-0.39, 0.29) is 17.1 Å². The topological polar surface area (TPSA) is 53.2 Å². The van der Waals surface area contributed by atoms with Crippen LogP contribution in [0, 0.1) is 35.5 Å². The van der Waals surface area contributed by atoms with Crippen molar-refractivity contribution in [3.05, 3.63) is 18.3 Å². The number of nitrogens with zero attached hydrogens (tertiary/aromatic N) is 1. The number of aliphatic hydroxyl groups is 1. The second kappa shape index (κ2) is 7.86. The number of hydrogen-bond donors (Lipinski definition) is 1. The standard InChI is InChI=1S/C18H28NO2Si/c1-18(2,3)22(4,5)21-16-13-15(17(20)14-16)11-9-7-6-8-10-12-19/h13-16,20H,6,8,10-11H2,1-5H3/t15?,16-/m0/s1. The molecule has 0 amide bonds. The SMILES string of the molecule is CC(C)(C)[Si](C)(C)O[C@H]1[CH]C(CC#CCCCC#N)C(O)=C1. The van der Waals surface area contributed by atoms with E-state index in [1.807, 2.05) is 6.08 Å². The van der Waals surface area contributed by atoms with Gasteiger partial charge in [0, 0.05) is 31.6 Å². The summed E-state index contributed by atoms with van der Waals surface area (Å²) in [5.74, 6) is 6.50. The van der Waals surface area contributed by atoms with E-state index in [9.17, 15) is 5.11 Å². The number of unbranched alkanes of at least 4 members (excludes halogenated alkanes) is 2. The van der Waals surface area contributed by atoms with Crippen molar-refractivity contribution in [1.29, 1.82) is 5.26 Å². The molecule has 1 aliphatic carbocycles. The van der Waals surface area contributed by atoms with E-state index in [0.717, 1.165) is 12.8 Å². The van der Waals surface area contributed by atoms with Crippen LogP contribution in [0.5, 0.6) is 0 Å². The molecule has 3 nitrogen and oxygen atoms in total. The van der Waals surface area contributed by atoms with Gasteiger partial charge in [0.15, 0.2) is 8.32 Å². The maximum Gasteiger partial charge on any atom is 0.192 e. The summed E-state index contributed by atoms with van der Waals surface area (Å²) >= 11 is 0. The molecule has 0 aromatic rings. The monoisotopic (exact) mass is 318 g/mol. The fourth-order valence-corrected chi connectivity index (χ4v) is 3.14. The van der Waals surface area contributed by atoms with Crippen molar-refractivity contribution in [2.24, 2.45) is 5.92 Å². The van der Waals surface area contributed by atoms with Crippen LogP contribution in [0.15, 0.2) is 11.8 Å². The maximum atomic E-state index is 10.1. The van der Waals surface area contributed by atoms with E-state index < -0.39 is 8.32 Å². The lowest BCUT2D eigenvalue weighted by atomic mass is 10.0. The Balaban J connectivity index is 2.48. The number of allylic oxidation sites excluding steroid dienone is 1. The summed E-state index contributed by atoms with van der Waals surface area (Å²) in [6.07, 6.45) is 6.49. The first-order valence-electron chi connectivity index (χ1n) is 7.93. The van der Waals surface area contributed by atoms with Gasteiger partial charge in [-0.05, 0) is 30.6 Å². The second-order valence-corrected chi connectivity index (χ2v) is 12.1. The minimum atomic E-state index is -1.84. The van der Waals surface area contributed by atoms with E-state index >= 15 is 0 Å². The van der Waals surface area contributed by atoms with Crippen LogP contribution in [0.3, 0.4) is 0 Å². The highest BCUT2D eigenvalue weighted by molar-refractivity contribution is 6.74. The average Bonchev–Trinajstić information content (AvgIpc) is 2.72. The van der Waals surface area contributed by atoms with Crippen molar-refractivity contribution in [3.63, 3.8) is 0 Å². The number of aliphatic hydroxyl groups excluding tert-OH is 1. The molecule has 0 saturated carbocycles. The molecule has 1 aliphatic rings. The van der Waals surface area contributed by atoms with Crippen LogP contribution < -0.4 is 0 Å². The molecule has 4 heteroatoms. The maximum absolute atomic E-state index is 10.1. The smallest absolute Gasteiger partial charge is 0.192 e. The van der Waals surface area contributed by atoms with E-state index in [2.05, 4.69) is 58.2 Å². The van der Waals surface area contributed by atoms with Crippen molar-refractivity contribution in [2.75, 3.05) is 0 Å². The van der Waals surface area contributed by atoms with Crippen LogP contribution in [0.1, 0.15) is 46.5 Å². The third-order valence-electron chi connectivity index (χ3n) is 4.41. The lowest BCUT2D eigenvalue weighted by molar-refractivity contribution is 0.252. The van der Waals surface area contributed by atoms with E-state index in [1.54, 1.807) is 0 Å². The predicted molar refractivity (Wildman–Crippen MR) is 92.4 cm³/mol. The van der Waals surface area contributed by atoms with Crippen molar-refractivity contribution in [3.8, 4) is 17.9 Å². The van der Waals surface area contributed by atoms with E-state index in [1.165, 1.54) is 0 Å². The normalized spacial score (nSPS) is 21.7. The molecule has 0 aromatic heterocycles. The zero-order chi connectivity index (χ0) is 16.8. The molecule has 1 unspecified atom stereocenters. The molecule has 121 valence electrons. The molecule has 1 N–H and O–H groups in total. The Morgan fingerprint density at radius 1 is 1.27 bits per heavy atom. The molecule has 1 radical (unpaired) electrons. The molecule has 0 aromatic carbocycles. The summed E-state index contributed by atoms with van der Waals surface area (Å²) < 4.78 is 6.29. The Bertz CT molecular complexity index is 500. The van der Waals surface area contributed by atoms with Gasteiger partial charge in [0.25, 0.3) is 0 Å². The van der Waals surface area contributed by atoms with E-state index in [4.69, 9.17) is 9.69 Å². The minimum absolute atomic E-state index is 0.0294. The fourth-order valence-electron chi connectivity index (χ4n) is 1.96. The highest BCUT2D eigenvalue weighted by Gasteiger charge is 2.40. The van der Waals surface area contributed by atoms with Gasteiger partial charge < -0.3 is 9.53 Å². The van der Waals surface area contributed by atoms with Gasteiger partial charge in [0.05, 0.1) is 17.9 Å².